The van der Waals surface area contributed by atoms with Crippen LogP contribution < -0.4 is 11.1 Å². The van der Waals surface area contributed by atoms with E-state index in [1.807, 2.05) is 13.8 Å². The summed E-state index contributed by atoms with van der Waals surface area (Å²) < 4.78 is 5.67. The number of oxazole rings is 1. The van der Waals surface area contributed by atoms with Crippen molar-refractivity contribution in [2.24, 2.45) is 17.6 Å². The molecule has 2 fully saturated rings. The summed E-state index contributed by atoms with van der Waals surface area (Å²) in [7, 11) is 0. The van der Waals surface area contributed by atoms with Crippen LogP contribution in [0.1, 0.15) is 49.4 Å². The Morgan fingerprint density at radius 3 is 2.62 bits per heavy atom. The second-order valence-corrected chi connectivity index (χ2v) is 7.48. The molecule has 134 valence electrons. The average Bonchev–Trinajstić information content (AvgIpc) is 3.12. The van der Waals surface area contributed by atoms with E-state index in [-0.39, 0.29) is 17.9 Å². The van der Waals surface area contributed by atoms with E-state index in [0.717, 1.165) is 75.6 Å². The zero-order valence-corrected chi connectivity index (χ0v) is 14.9. The molecule has 1 saturated carbocycles. The molecule has 0 spiro atoms. The minimum absolute atomic E-state index is 0.136. The number of likely N-dealkylation sites (tertiary alicyclic amines) is 1. The highest BCUT2D eigenvalue weighted by Gasteiger charge is 2.28. The molecule has 6 nitrogen and oxygen atoms in total. The van der Waals surface area contributed by atoms with Crippen molar-refractivity contribution in [3.05, 3.63) is 17.3 Å². The van der Waals surface area contributed by atoms with Gasteiger partial charge in [0.05, 0.1) is 12.2 Å². The first-order valence-electron chi connectivity index (χ1n) is 9.20. The third kappa shape index (κ3) is 4.36. The van der Waals surface area contributed by atoms with E-state index in [9.17, 15) is 4.79 Å². The molecule has 2 unspecified atom stereocenters. The number of amides is 1. The number of aromatic nitrogens is 1. The van der Waals surface area contributed by atoms with Crippen molar-refractivity contribution in [2.75, 3.05) is 19.6 Å². The number of nitrogens with one attached hydrogen (secondary N) is 1. The summed E-state index contributed by atoms with van der Waals surface area (Å²) in [5.74, 6) is 2.64. The molecule has 1 aromatic rings. The lowest BCUT2D eigenvalue weighted by molar-refractivity contribution is -0.125. The lowest BCUT2D eigenvalue weighted by Gasteiger charge is -2.31. The summed E-state index contributed by atoms with van der Waals surface area (Å²) in [6.07, 6.45) is 5.00. The SMILES string of the molecule is Cc1nc(CN2CCC(CNC(=O)C3CCC(N)C3)CC2)oc1C. The molecule has 2 atom stereocenters. The molecule has 2 heterocycles. The highest BCUT2D eigenvalue weighted by molar-refractivity contribution is 5.79. The minimum atomic E-state index is 0.136. The summed E-state index contributed by atoms with van der Waals surface area (Å²) in [5, 5.41) is 3.15. The van der Waals surface area contributed by atoms with E-state index in [1.54, 1.807) is 0 Å². The van der Waals surface area contributed by atoms with Gasteiger partial charge in [0.2, 0.25) is 11.8 Å². The summed E-state index contributed by atoms with van der Waals surface area (Å²) in [5.41, 5.74) is 6.87. The van der Waals surface area contributed by atoms with Gasteiger partial charge in [-0.25, -0.2) is 4.98 Å². The average molecular weight is 334 g/mol. The normalized spacial score (nSPS) is 26.0. The van der Waals surface area contributed by atoms with Crippen molar-refractivity contribution >= 4 is 5.91 Å². The molecule has 1 amide bonds. The van der Waals surface area contributed by atoms with Gasteiger partial charge in [0.15, 0.2) is 0 Å². The Bertz CT molecular complexity index is 544. The van der Waals surface area contributed by atoms with E-state index in [1.165, 1.54) is 0 Å². The number of carbonyl (C=O) groups is 1. The first-order chi connectivity index (χ1) is 11.5. The quantitative estimate of drug-likeness (QED) is 0.857. The molecule has 3 N–H and O–H groups in total. The highest BCUT2D eigenvalue weighted by Crippen LogP contribution is 2.24. The molecule has 0 aromatic carbocycles. The Hall–Kier alpha value is -1.40. The van der Waals surface area contributed by atoms with Gasteiger partial charge in [-0.1, -0.05) is 0 Å². The number of carbonyl (C=O) groups excluding carboxylic acids is 1. The Balaban J connectivity index is 1.37. The van der Waals surface area contributed by atoms with Crippen LogP contribution in [0.5, 0.6) is 0 Å². The first-order valence-corrected chi connectivity index (χ1v) is 9.20. The molecule has 2 aliphatic rings. The van der Waals surface area contributed by atoms with E-state index in [0.29, 0.717) is 5.92 Å². The van der Waals surface area contributed by atoms with Crippen LogP contribution in [0.4, 0.5) is 0 Å². The van der Waals surface area contributed by atoms with Crippen LogP contribution in [-0.2, 0) is 11.3 Å². The van der Waals surface area contributed by atoms with Crippen LogP contribution in [0.3, 0.4) is 0 Å². The van der Waals surface area contributed by atoms with Gasteiger partial charge in [0.25, 0.3) is 0 Å². The van der Waals surface area contributed by atoms with Gasteiger partial charge in [-0.3, -0.25) is 9.69 Å². The summed E-state index contributed by atoms with van der Waals surface area (Å²) in [6.45, 7) is 7.60. The minimum Gasteiger partial charge on any atom is -0.444 e. The Morgan fingerprint density at radius 1 is 1.29 bits per heavy atom. The van der Waals surface area contributed by atoms with E-state index in [4.69, 9.17) is 10.2 Å². The predicted octanol–water partition coefficient (Wildman–Crippen LogP) is 1.75. The van der Waals surface area contributed by atoms with Crippen LogP contribution in [0.25, 0.3) is 0 Å². The Morgan fingerprint density at radius 2 is 2.04 bits per heavy atom. The zero-order chi connectivity index (χ0) is 17.1. The van der Waals surface area contributed by atoms with Crippen molar-refractivity contribution in [3.63, 3.8) is 0 Å². The van der Waals surface area contributed by atoms with Gasteiger partial charge in [-0.05, 0) is 65.0 Å². The molecule has 0 bridgehead atoms. The second kappa shape index (κ2) is 7.66. The number of rotatable bonds is 5. The number of hydrogen-bond donors (Lipinski definition) is 2. The fraction of sp³-hybridized carbons (Fsp3) is 0.778. The second-order valence-electron chi connectivity index (χ2n) is 7.48. The lowest BCUT2D eigenvalue weighted by atomic mass is 9.96. The van der Waals surface area contributed by atoms with Crippen molar-refractivity contribution in [2.45, 2.75) is 58.5 Å². The summed E-state index contributed by atoms with van der Waals surface area (Å²) >= 11 is 0. The first kappa shape index (κ1) is 17.4. The van der Waals surface area contributed by atoms with Gasteiger partial charge < -0.3 is 15.5 Å². The van der Waals surface area contributed by atoms with Gasteiger partial charge in [0.1, 0.15) is 5.76 Å². The van der Waals surface area contributed by atoms with Crippen LogP contribution in [0.2, 0.25) is 0 Å². The Labute approximate surface area is 144 Å². The topological polar surface area (TPSA) is 84.4 Å². The number of nitrogens with zero attached hydrogens (tertiary/aromatic N) is 2. The van der Waals surface area contributed by atoms with E-state index < -0.39 is 0 Å². The van der Waals surface area contributed by atoms with Crippen LogP contribution in [0.15, 0.2) is 4.42 Å². The fourth-order valence-corrected chi connectivity index (χ4v) is 3.79. The molecule has 6 heteroatoms. The van der Waals surface area contributed by atoms with Crippen LogP contribution >= 0.6 is 0 Å². The number of piperidine rings is 1. The molecule has 1 saturated heterocycles. The maximum absolute atomic E-state index is 12.2. The van der Waals surface area contributed by atoms with Gasteiger partial charge in [-0.15, -0.1) is 0 Å². The number of aryl methyl sites for hydroxylation is 2. The van der Waals surface area contributed by atoms with Crippen molar-refractivity contribution in [1.82, 2.24) is 15.2 Å². The van der Waals surface area contributed by atoms with E-state index >= 15 is 0 Å². The lowest BCUT2D eigenvalue weighted by Crippen LogP contribution is -2.39. The fourth-order valence-electron chi connectivity index (χ4n) is 3.79. The molecule has 1 aliphatic carbocycles. The van der Waals surface area contributed by atoms with Gasteiger partial charge in [0, 0.05) is 18.5 Å². The van der Waals surface area contributed by atoms with Gasteiger partial charge in [-0.2, -0.15) is 0 Å². The largest absolute Gasteiger partial charge is 0.444 e. The summed E-state index contributed by atoms with van der Waals surface area (Å²) in [6, 6.07) is 0.214. The predicted molar refractivity (Wildman–Crippen MR) is 92.3 cm³/mol. The third-order valence-corrected chi connectivity index (χ3v) is 5.55. The summed E-state index contributed by atoms with van der Waals surface area (Å²) in [4.78, 5) is 19.0. The van der Waals surface area contributed by atoms with Crippen LogP contribution in [-0.4, -0.2) is 41.5 Å². The number of nitrogens with two attached hydrogens (primary N) is 1. The number of hydrogen-bond acceptors (Lipinski definition) is 5. The monoisotopic (exact) mass is 334 g/mol. The standard InChI is InChI=1S/C18H30N4O2/c1-12-13(2)24-17(21-12)11-22-7-5-14(6-8-22)10-20-18(23)15-3-4-16(19)9-15/h14-16H,3-11,19H2,1-2H3,(H,20,23). The third-order valence-electron chi connectivity index (χ3n) is 5.55. The Kier molecular flexibility index (Phi) is 5.56. The van der Waals surface area contributed by atoms with Gasteiger partial charge >= 0.3 is 0 Å². The molecule has 3 rings (SSSR count). The molecule has 1 aromatic heterocycles. The maximum atomic E-state index is 12.2. The van der Waals surface area contributed by atoms with Crippen molar-refractivity contribution in [1.29, 1.82) is 0 Å². The molecular formula is C18H30N4O2. The maximum Gasteiger partial charge on any atom is 0.223 e. The zero-order valence-electron chi connectivity index (χ0n) is 14.9. The molecule has 1 aliphatic heterocycles. The van der Waals surface area contributed by atoms with Crippen molar-refractivity contribution in [3.8, 4) is 0 Å². The molecule has 24 heavy (non-hydrogen) atoms. The van der Waals surface area contributed by atoms with Crippen LogP contribution in [0, 0.1) is 25.7 Å². The molecule has 0 radical (unpaired) electrons. The smallest absolute Gasteiger partial charge is 0.223 e. The molecular weight excluding hydrogens is 304 g/mol. The highest BCUT2D eigenvalue weighted by atomic mass is 16.4. The van der Waals surface area contributed by atoms with Crippen molar-refractivity contribution < 1.29 is 9.21 Å². The van der Waals surface area contributed by atoms with E-state index in [2.05, 4.69) is 15.2 Å².